The first kappa shape index (κ1) is 20.7. The van der Waals surface area contributed by atoms with Crippen LogP contribution in [0.2, 0.25) is 0 Å². The zero-order valence-corrected chi connectivity index (χ0v) is 15.7. The fourth-order valence-corrected chi connectivity index (χ4v) is 2.72. The fraction of sp³-hybridized carbons (Fsp3) is 0.889. The molecule has 0 saturated heterocycles. The number of ether oxygens (including phenoxy) is 1. The number of amides is 1. The molecule has 0 spiro atoms. The molecule has 1 fully saturated rings. The molecule has 3 N–H and O–H groups in total. The number of hydrogen-bond donors (Lipinski definition) is 3. The number of nitrogens with zero attached hydrogens (tertiary/aromatic N) is 1. The molecule has 0 aromatic heterocycles. The summed E-state index contributed by atoms with van der Waals surface area (Å²) in [5, 5.41) is 9.49. The Balaban J connectivity index is 2.03. The summed E-state index contributed by atoms with van der Waals surface area (Å²) < 4.78 is 5.56. The van der Waals surface area contributed by atoms with E-state index in [-0.39, 0.29) is 5.91 Å². The second-order valence-corrected chi connectivity index (χ2v) is 6.87. The molecular weight excluding hydrogens is 304 g/mol. The van der Waals surface area contributed by atoms with Gasteiger partial charge in [-0.05, 0) is 25.2 Å². The molecule has 0 radical (unpaired) electrons. The maximum Gasteiger partial charge on any atom is 0.221 e. The highest BCUT2D eigenvalue weighted by Crippen LogP contribution is 2.17. The van der Waals surface area contributed by atoms with E-state index in [0.717, 1.165) is 25.9 Å². The molecule has 0 aromatic rings. The van der Waals surface area contributed by atoms with Gasteiger partial charge in [0.25, 0.3) is 0 Å². The predicted octanol–water partition coefficient (Wildman–Crippen LogP) is 2.05. The molecular formula is C18H36N4O2. The van der Waals surface area contributed by atoms with Crippen LogP contribution in [0.15, 0.2) is 4.99 Å². The summed E-state index contributed by atoms with van der Waals surface area (Å²) in [6.07, 6.45) is 7.58. The Kier molecular flexibility index (Phi) is 11.3. The molecule has 1 aliphatic rings. The molecule has 6 heteroatoms. The molecule has 1 saturated carbocycles. The summed E-state index contributed by atoms with van der Waals surface area (Å²) in [4.78, 5) is 16.1. The molecule has 1 amide bonds. The molecule has 0 aromatic carbocycles. The third kappa shape index (κ3) is 10.5. The van der Waals surface area contributed by atoms with Gasteiger partial charge < -0.3 is 20.7 Å². The molecule has 0 atom stereocenters. The van der Waals surface area contributed by atoms with Crippen molar-refractivity contribution in [3.63, 3.8) is 0 Å². The van der Waals surface area contributed by atoms with Crippen LogP contribution < -0.4 is 16.0 Å². The summed E-state index contributed by atoms with van der Waals surface area (Å²) >= 11 is 0. The van der Waals surface area contributed by atoms with E-state index in [4.69, 9.17) is 4.74 Å². The van der Waals surface area contributed by atoms with Crippen LogP contribution in [0.3, 0.4) is 0 Å². The lowest BCUT2D eigenvalue weighted by Gasteiger charge is -2.22. The van der Waals surface area contributed by atoms with Crippen molar-refractivity contribution in [1.82, 2.24) is 16.0 Å². The number of carbonyl (C=O) groups excluding carboxylic acids is 1. The third-order valence-corrected chi connectivity index (χ3v) is 4.22. The van der Waals surface area contributed by atoms with Crippen LogP contribution in [0.5, 0.6) is 0 Å². The van der Waals surface area contributed by atoms with Gasteiger partial charge in [-0.1, -0.05) is 33.1 Å². The molecule has 0 unspecified atom stereocenters. The molecule has 1 rings (SSSR count). The van der Waals surface area contributed by atoms with Crippen LogP contribution in [0.4, 0.5) is 0 Å². The van der Waals surface area contributed by atoms with Crippen molar-refractivity contribution < 1.29 is 9.53 Å². The van der Waals surface area contributed by atoms with Crippen molar-refractivity contribution in [1.29, 1.82) is 0 Å². The second-order valence-electron chi connectivity index (χ2n) is 6.87. The lowest BCUT2D eigenvalue weighted by Crippen LogP contribution is -2.42. The monoisotopic (exact) mass is 340 g/mol. The normalized spacial score (nSPS) is 16.2. The van der Waals surface area contributed by atoms with Gasteiger partial charge in [-0.15, -0.1) is 0 Å². The smallest absolute Gasteiger partial charge is 0.221 e. The summed E-state index contributed by atoms with van der Waals surface area (Å²) in [5.74, 6) is 1.52. The summed E-state index contributed by atoms with van der Waals surface area (Å²) in [6, 6.07) is 0.381. The molecule has 24 heavy (non-hydrogen) atoms. The van der Waals surface area contributed by atoms with E-state index >= 15 is 0 Å². The zero-order valence-electron chi connectivity index (χ0n) is 15.7. The van der Waals surface area contributed by atoms with Crippen LogP contribution >= 0.6 is 0 Å². The van der Waals surface area contributed by atoms with E-state index in [1.54, 1.807) is 7.05 Å². The lowest BCUT2D eigenvalue weighted by molar-refractivity contribution is -0.121. The second kappa shape index (κ2) is 13.0. The first-order valence-electron chi connectivity index (χ1n) is 9.43. The first-order valence-corrected chi connectivity index (χ1v) is 9.43. The van der Waals surface area contributed by atoms with E-state index in [0.29, 0.717) is 44.0 Å². The zero-order chi connectivity index (χ0) is 17.6. The van der Waals surface area contributed by atoms with Gasteiger partial charge in [0.15, 0.2) is 5.96 Å². The summed E-state index contributed by atoms with van der Waals surface area (Å²) in [7, 11) is 1.73. The highest BCUT2D eigenvalue weighted by Gasteiger charge is 2.15. The van der Waals surface area contributed by atoms with Gasteiger partial charge in [0.05, 0.1) is 6.61 Å². The first-order chi connectivity index (χ1) is 11.6. The lowest BCUT2D eigenvalue weighted by atomic mass is 9.95. The van der Waals surface area contributed by atoms with Gasteiger partial charge >= 0.3 is 0 Å². The number of nitrogens with one attached hydrogen (secondary N) is 3. The standard InChI is InChI=1S/C18H36N4O2/c1-15(2)10-13-24-14-12-21-18(19-3)20-11-9-17(23)22-16-7-5-4-6-8-16/h15-16H,4-14H2,1-3H3,(H,22,23)(H2,19,20,21). The van der Waals surface area contributed by atoms with E-state index < -0.39 is 0 Å². The van der Waals surface area contributed by atoms with E-state index in [9.17, 15) is 4.79 Å². The minimum Gasteiger partial charge on any atom is -0.380 e. The SMILES string of the molecule is CN=C(NCCOCCC(C)C)NCCC(=O)NC1CCCCC1. The van der Waals surface area contributed by atoms with E-state index in [1.807, 2.05) is 0 Å². The van der Waals surface area contributed by atoms with Gasteiger partial charge in [-0.25, -0.2) is 0 Å². The molecule has 0 aliphatic heterocycles. The van der Waals surface area contributed by atoms with Crippen molar-refractivity contribution in [2.45, 2.75) is 64.8 Å². The largest absolute Gasteiger partial charge is 0.380 e. The maximum absolute atomic E-state index is 11.9. The van der Waals surface area contributed by atoms with Crippen molar-refractivity contribution in [2.24, 2.45) is 10.9 Å². The predicted molar refractivity (Wildman–Crippen MR) is 99.3 cm³/mol. The molecule has 0 heterocycles. The van der Waals surface area contributed by atoms with Crippen LogP contribution in [-0.2, 0) is 9.53 Å². The van der Waals surface area contributed by atoms with Crippen LogP contribution in [0, 0.1) is 5.92 Å². The van der Waals surface area contributed by atoms with Crippen LogP contribution in [0.25, 0.3) is 0 Å². The van der Waals surface area contributed by atoms with Crippen LogP contribution in [-0.4, -0.2) is 51.3 Å². The van der Waals surface area contributed by atoms with Gasteiger partial charge in [-0.3, -0.25) is 9.79 Å². The third-order valence-electron chi connectivity index (χ3n) is 4.22. The number of rotatable bonds is 10. The van der Waals surface area contributed by atoms with Gasteiger partial charge in [0.1, 0.15) is 0 Å². The quantitative estimate of drug-likeness (QED) is 0.323. The topological polar surface area (TPSA) is 74.8 Å². The average Bonchev–Trinajstić information content (AvgIpc) is 2.57. The molecule has 140 valence electrons. The highest BCUT2D eigenvalue weighted by atomic mass is 16.5. The molecule has 6 nitrogen and oxygen atoms in total. The summed E-state index contributed by atoms with van der Waals surface area (Å²) in [6.45, 7) is 7.15. The number of aliphatic imine (C=N–C) groups is 1. The molecule has 1 aliphatic carbocycles. The maximum atomic E-state index is 11.9. The molecule has 0 bridgehead atoms. The van der Waals surface area contributed by atoms with Crippen molar-refractivity contribution in [2.75, 3.05) is 33.4 Å². The van der Waals surface area contributed by atoms with Gasteiger partial charge in [0, 0.05) is 39.2 Å². The fourth-order valence-electron chi connectivity index (χ4n) is 2.72. The van der Waals surface area contributed by atoms with Crippen molar-refractivity contribution in [3.8, 4) is 0 Å². The minimum atomic E-state index is 0.127. The Labute approximate surface area is 147 Å². The Morgan fingerprint density at radius 2 is 1.83 bits per heavy atom. The van der Waals surface area contributed by atoms with Gasteiger partial charge in [0.2, 0.25) is 5.91 Å². The van der Waals surface area contributed by atoms with Gasteiger partial charge in [-0.2, -0.15) is 0 Å². The van der Waals surface area contributed by atoms with Crippen molar-refractivity contribution >= 4 is 11.9 Å². The van der Waals surface area contributed by atoms with Crippen LogP contribution in [0.1, 0.15) is 58.8 Å². The van der Waals surface area contributed by atoms with E-state index in [2.05, 4.69) is 34.8 Å². The van der Waals surface area contributed by atoms with Crippen molar-refractivity contribution in [3.05, 3.63) is 0 Å². The minimum absolute atomic E-state index is 0.127. The number of hydrogen-bond acceptors (Lipinski definition) is 3. The highest BCUT2D eigenvalue weighted by molar-refractivity contribution is 5.81. The summed E-state index contributed by atoms with van der Waals surface area (Å²) in [5.41, 5.74) is 0. The average molecular weight is 341 g/mol. The Morgan fingerprint density at radius 1 is 1.12 bits per heavy atom. The number of guanidine groups is 1. The Bertz CT molecular complexity index is 366. The Morgan fingerprint density at radius 3 is 2.50 bits per heavy atom. The number of carbonyl (C=O) groups is 1. The Hall–Kier alpha value is -1.30. The van der Waals surface area contributed by atoms with E-state index in [1.165, 1.54) is 19.3 Å².